The number of hydrogen-bond donors (Lipinski definition) is 4. The van der Waals surface area contributed by atoms with Crippen LogP contribution in [0.25, 0.3) is 16.5 Å². The van der Waals surface area contributed by atoms with Gasteiger partial charge in [-0.2, -0.15) is 13.2 Å². The summed E-state index contributed by atoms with van der Waals surface area (Å²) in [7, 11) is 0. The van der Waals surface area contributed by atoms with Crippen LogP contribution in [0, 0.1) is 10.8 Å². The van der Waals surface area contributed by atoms with Gasteiger partial charge in [0.2, 0.25) is 0 Å². The van der Waals surface area contributed by atoms with E-state index < -0.39 is 17.4 Å². The first-order valence-corrected chi connectivity index (χ1v) is 8.09. The van der Waals surface area contributed by atoms with Crippen molar-refractivity contribution in [1.82, 2.24) is 4.98 Å². The molecule has 1 heterocycles. The number of nitrogens with zero attached hydrogens (tertiary/aromatic N) is 1. The number of fused-ring (bicyclic) bond motifs is 1. The van der Waals surface area contributed by atoms with Gasteiger partial charge in [-0.25, -0.2) is 4.98 Å². The Morgan fingerprint density at radius 2 is 1.92 bits per heavy atom. The van der Waals surface area contributed by atoms with Gasteiger partial charge in [0, 0.05) is 34.6 Å². The van der Waals surface area contributed by atoms with Crippen molar-refractivity contribution in [3.63, 3.8) is 0 Å². The highest BCUT2D eigenvalue weighted by molar-refractivity contribution is 6.11. The van der Waals surface area contributed by atoms with Gasteiger partial charge in [-0.05, 0) is 42.5 Å². The highest BCUT2D eigenvalue weighted by Crippen LogP contribution is 2.42. The molecule has 0 unspecified atom stereocenters. The molecule has 136 valence electrons. The molecule has 0 saturated heterocycles. The lowest BCUT2D eigenvalue weighted by Crippen LogP contribution is -2.22. The number of alkyl halides is 3. The van der Waals surface area contributed by atoms with Gasteiger partial charge in [-0.1, -0.05) is 6.42 Å². The van der Waals surface area contributed by atoms with Crippen LogP contribution in [-0.2, 0) is 0 Å². The minimum atomic E-state index is -4.75. The predicted molar refractivity (Wildman–Crippen MR) is 96.6 cm³/mol. The van der Waals surface area contributed by atoms with Gasteiger partial charge in [0.05, 0.1) is 11.2 Å². The fourth-order valence-electron chi connectivity index (χ4n) is 3.18. The summed E-state index contributed by atoms with van der Waals surface area (Å²) >= 11 is 0. The second-order valence-corrected chi connectivity index (χ2v) is 6.30. The molecule has 26 heavy (non-hydrogen) atoms. The average molecular weight is 361 g/mol. The number of nitrogens with two attached hydrogens (primary N) is 2. The Kier molecular flexibility index (Phi) is 4.43. The maximum atomic E-state index is 13.0. The third-order valence-electron chi connectivity index (χ3n) is 4.78. The van der Waals surface area contributed by atoms with Gasteiger partial charge < -0.3 is 22.3 Å². The van der Waals surface area contributed by atoms with E-state index in [9.17, 15) is 13.2 Å². The molecule has 6 N–H and O–H groups in total. The van der Waals surface area contributed by atoms with E-state index in [0.29, 0.717) is 28.4 Å². The summed E-state index contributed by atoms with van der Waals surface area (Å²) in [6.07, 6.45) is -0.188. The van der Waals surface area contributed by atoms with Crippen molar-refractivity contribution in [3.8, 4) is 0 Å². The average Bonchev–Trinajstić information content (AvgIpc) is 2.53. The molecular weight excluding hydrogens is 343 g/mol. The zero-order chi connectivity index (χ0) is 19.1. The number of hydrogen-bond acceptors (Lipinski definition) is 5. The topological polar surface area (TPSA) is 113 Å². The van der Waals surface area contributed by atoms with Gasteiger partial charge in [-0.15, -0.1) is 0 Å². The first-order valence-electron chi connectivity index (χ1n) is 8.09. The Balaban J connectivity index is 2.35. The number of rotatable bonds is 4. The molecule has 1 saturated carbocycles. The molecule has 0 radical (unpaired) electrons. The molecule has 5 nitrogen and oxygen atoms in total. The van der Waals surface area contributed by atoms with Crippen molar-refractivity contribution in [3.05, 3.63) is 40.7 Å². The summed E-state index contributed by atoms with van der Waals surface area (Å²) in [5.41, 5.74) is 11.6. The number of aromatic nitrogens is 1. The Bertz CT molecular complexity index is 927. The van der Waals surface area contributed by atoms with Crippen LogP contribution in [-0.4, -0.2) is 23.6 Å². The molecule has 0 amide bonds. The van der Waals surface area contributed by atoms with Gasteiger partial charge in [-0.3, -0.25) is 0 Å². The molecule has 2 aromatic rings. The quantitative estimate of drug-likeness (QED) is 0.488. The maximum absolute atomic E-state index is 13.0. The van der Waals surface area contributed by atoms with Crippen LogP contribution < -0.4 is 11.5 Å². The van der Waals surface area contributed by atoms with Crippen LogP contribution in [0.2, 0.25) is 0 Å². The predicted octanol–water partition coefficient (Wildman–Crippen LogP) is 3.96. The number of nitrogen functional groups attached to an aromatic ring is 1. The highest BCUT2D eigenvalue weighted by atomic mass is 19.4. The monoisotopic (exact) mass is 361 g/mol. The minimum absolute atomic E-state index is 0.00456. The summed E-state index contributed by atoms with van der Waals surface area (Å²) in [4.78, 5) is 4.28. The molecule has 0 spiro atoms. The SMILES string of the molecule is N=CC(=C(N)C(F)(F)F)c1cc(C2CCC2)c2c(C=N)c(N)ccc2n1. The van der Waals surface area contributed by atoms with Crippen LogP contribution in [0.15, 0.2) is 23.9 Å². The molecular formula is C18H18F3N5. The van der Waals surface area contributed by atoms with Crippen LogP contribution >= 0.6 is 0 Å². The van der Waals surface area contributed by atoms with E-state index in [2.05, 4.69) is 4.98 Å². The summed E-state index contributed by atoms with van der Waals surface area (Å²) in [6.45, 7) is 0. The Morgan fingerprint density at radius 1 is 1.23 bits per heavy atom. The molecule has 1 aromatic carbocycles. The Morgan fingerprint density at radius 3 is 2.42 bits per heavy atom. The molecule has 1 aliphatic carbocycles. The van der Waals surface area contributed by atoms with Crippen molar-refractivity contribution < 1.29 is 13.2 Å². The summed E-state index contributed by atoms with van der Waals surface area (Å²) in [5, 5.41) is 15.7. The van der Waals surface area contributed by atoms with Gasteiger partial charge in [0.15, 0.2) is 0 Å². The molecule has 1 fully saturated rings. The first-order chi connectivity index (χ1) is 12.3. The second kappa shape index (κ2) is 6.44. The summed E-state index contributed by atoms with van der Waals surface area (Å²) in [5.74, 6) is 0.166. The van der Waals surface area contributed by atoms with E-state index in [1.54, 1.807) is 18.2 Å². The van der Waals surface area contributed by atoms with Crippen LogP contribution in [0.3, 0.4) is 0 Å². The molecule has 1 aromatic heterocycles. The molecule has 0 aliphatic heterocycles. The number of allylic oxidation sites excluding steroid dienone is 2. The van der Waals surface area contributed by atoms with Crippen LogP contribution in [0.4, 0.5) is 18.9 Å². The van der Waals surface area contributed by atoms with E-state index in [1.165, 1.54) is 0 Å². The largest absolute Gasteiger partial charge is 0.431 e. The fraction of sp³-hybridized carbons (Fsp3) is 0.278. The number of anilines is 1. The minimum Gasteiger partial charge on any atom is -0.398 e. The van der Waals surface area contributed by atoms with Crippen LogP contribution in [0.5, 0.6) is 0 Å². The van der Waals surface area contributed by atoms with Gasteiger partial charge >= 0.3 is 6.18 Å². The lowest BCUT2D eigenvalue weighted by Gasteiger charge is -2.28. The number of pyridine rings is 1. The van der Waals surface area contributed by atoms with Gasteiger partial charge in [0.1, 0.15) is 5.70 Å². The van der Waals surface area contributed by atoms with Crippen molar-refractivity contribution >= 4 is 34.6 Å². The lowest BCUT2D eigenvalue weighted by atomic mass is 9.77. The van der Waals surface area contributed by atoms with E-state index >= 15 is 0 Å². The summed E-state index contributed by atoms with van der Waals surface area (Å²) in [6, 6.07) is 4.75. The van der Waals surface area contributed by atoms with Crippen molar-refractivity contribution in [2.75, 3.05) is 5.73 Å². The zero-order valence-corrected chi connectivity index (χ0v) is 13.8. The molecule has 3 rings (SSSR count). The molecule has 0 bridgehead atoms. The highest BCUT2D eigenvalue weighted by Gasteiger charge is 2.35. The Labute approximate surface area is 147 Å². The third-order valence-corrected chi connectivity index (χ3v) is 4.78. The van der Waals surface area contributed by atoms with Crippen molar-refractivity contribution in [2.45, 2.75) is 31.4 Å². The van der Waals surface area contributed by atoms with E-state index in [0.717, 1.165) is 31.0 Å². The molecule has 8 heteroatoms. The number of halogens is 3. The lowest BCUT2D eigenvalue weighted by molar-refractivity contribution is -0.0918. The smallest absolute Gasteiger partial charge is 0.398 e. The van der Waals surface area contributed by atoms with E-state index in [1.807, 2.05) is 0 Å². The van der Waals surface area contributed by atoms with Crippen molar-refractivity contribution in [1.29, 1.82) is 10.8 Å². The first kappa shape index (κ1) is 17.9. The molecule has 0 atom stereocenters. The number of benzene rings is 1. The standard InChI is InChI=1S/C18H18F3N5/c19-18(20,21)17(25)12(8-23)15-6-10(9-2-1-3-9)16-11(7-22)13(24)4-5-14(16)26-15/h4-9,22-23H,1-3,24-25H2. The zero-order valence-electron chi connectivity index (χ0n) is 13.8. The van der Waals surface area contributed by atoms with E-state index in [-0.39, 0.29) is 11.6 Å². The molecule has 1 aliphatic rings. The second-order valence-electron chi connectivity index (χ2n) is 6.30. The van der Waals surface area contributed by atoms with Crippen LogP contribution in [0.1, 0.15) is 42.0 Å². The maximum Gasteiger partial charge on any atom is 0.431 e. The van der Waals surface area contributed by atoms with E-state index in [4.69, 9.17) is 22.3 Å². The number of nitrogens with one attached hydrogen (secondary N) is 2. The third kappa shape index (κ3) is 2.91. The fourth-order valence-corrected chi connectivity index (χ4v) is 3.18. The Hall–Kier alpha value is -2.90. The van der Waals surface area contributed by atoms with Gasteiger partial charge in [0.25, 0.3) is 0 Å². The van der Waals surface area contributed by atoms with Crippen molar-refractivity contribution in [2.24, 2.45) is 5.73 Å². The normalized spacial score (nSPS) is 16.1. The summed E-state index contributed by atoms with van der Waals surface area (Å²) < 4.78 is 39.1.